The third-order valence-corrected chi connectivity index (χ3v) is 13.3. The van der Waals surface area contributed by atoms with Crippen molar-refractivity contribution in [1.82, 2.24) is 0 Å². The average molecular weight is 1490 g/mol. The van der Waals surface area contributed by atoms with E-state index in [0.717, 1.165) is 16.7 Å². The summed E-state index contributed by atoms with van der Waals surface area (Å²) < 4.78 is 5.95. The molecule has 0 aromatic heterocycles. The van der Waals surface area contributed by atoms with Crippen molar-refractivity contribution in [2.24, 2.45) is 0 Å². The molecule has 12 aromatic carbocycles. The van der Waals surface area contributed by atoms with Crippen LogP contribution in [0.15, 0.2) is 394 Å². The molecule has 14 rings (SSSR count). The van der Waals surface area contributed by atoms with E-state index in [0.29, 0.717) is 5.56 Å². The molecule has 0 saturated carbocycles. The highest BCUT2D eigenvalue weighted by Gasteiger charge is 2.48. The summed E-state index contributed by atoms with van der Waals surface area (Å²) >= 11 is 0. The number of carbonyl (C=O) groups excluding carboxylic acids is 1. The lowest BCUT2D eigenvalue weighted by molar-refractivity contribution is 0.0251. The Morgan fingerprint density at radius 2 is 0.355 bits per heavy atom. The third-order valence-electron chi connectivity index (χ3n) is 13.3. The van der Waals surface area contributed by atoms with E-state index in [2.05, 4.69) is 75.4 Å². The molecule has 0 N–H and O–H groups in total. The van der Waals surface area contributed by atoms with Gasteiger partial charge in [0.1, 0.15) is 0 Å². The minimum atomic E-state index is -0.865. The highest BCUT2D eigenvalue weighted by atomic mass is 16.6. The van der Waals surface area contributed by atoms with Crippen molar-refractivity contribution in [3.8, 4) is 0 Å². The first-order valence-electron chi connectivity index (χ1n) is 40.0. The predicted octanol–water partition coefficient (Wildman–Crippen LogP) is 35.5. The van der Waals surface area contributed by atoms with Gasteiger partial charge in [0, 0.05) is 22.1 Å². The first kappa shape index (κ1) is 124. The Kier molecular flexibility index (Phi) is 109. The molecule has 0 spiro atoms. The fourth-order valence-electron chi connectivity index (χ4n) is 9.54. The Labute approximate surface area is 684 Å². The molecule has 608 valence electrons. The monoisotopic (exact) mass is 1490 g/mol. The minimum Gasteiger partial charge on any atom is -0.441 e. The van der Waals surface area contributed by atoms with Crippen molar-refractivity contribution in [1.29, 1.82) is 0 Å². The molecular formula is C108H164O2. The summed E-state index contributed by atoms with van der Waals surface area (Å²) in [4.78, 5) is 12.4. The van der Waals surface area contributed by atoms with Gasteiger partial charge >= 0.3 is 5.97 Å². The molecular weight excluding hydrogens is 1330 g/mol. The van der Waals surface area contributed by atoms with Crippen LogP contribution in [-0.4, -0.2) is 5.97 Å². The van der Waals surface area contributed by atoms with Crippen molar-refractivity contribution in [2.45, 2.75) is 239 Å². The van der Waals surface area contributed by atoms with Gasteiger partial charge in [-0.15, -0.1) is 0 Å². The Morgan fingerprint density at radius 1 is 0.200 bits per heavy atom. The Hall–Kier alpha value is -9.89. The zero-order chi connectivity index (χ0) is 81.5. The van der Waals surface area contributed by atoms with E-state index in [1.165, 1.54) is 23.1 Å². The van der Waals surface area contributed by atoms with Crippen molar-refractivity contribution < 1.29 is 9.53 Å². The average Bonchev–Trinajstić information content (AvgIpc) is 1.58. The second kappa shape index (κ2) is 97.1. The molecule has 1 aliphatic carbocycles. The Morgan fingerprint density at radius 3 is 0.564 bits per heavy atom. The van der Waals surface area contributed by atoms with Crippen molar-refractivity contribution in [3.05, 3.63) is 433 Å². The maximum absolute atomic E-state index is 12.4. The quantitative estimate of drug-likeness (QED) is 0.165. The summed E-state index contributed by atoms with van der Waals surface area (Å²) in [5.74, 6) is -0.275. The van der Waals surface area contributed by atoms with Gasteiger partial charge in [0.2, 0.25) is 0 Å². The van der Waals surface area contributed by atoms with Crippen LogP contribution in [0.3, 0.4) is 0 Å². The molecule has 1 aliphatic heterocycles. The first-order valence-corrected chi connectivity index (χ1v) is 40.0. The van der Waals surface area contributed by atoms with Crippen LogP contribution in [0.5, 0.6) is 0 Å². The van der Waals surface area contributed by atoms with Gasteiger partial charge in [-0.3, -0.25) is 0 Å². The summed E-state index contributed by atoms with van der Waals surface area (Å²) in [5.41, 5.74) is 7.45. The molecule has 1 heterocycles. The first-order chi connectivity index (χ1) is 52.4. The molecule has 2 nitrogen and oxygen atoms in total. The van der Waals surface area contributed by atoms with Gasteiger partial charge in [-0.25, -0.2) is 4.79 Å². The number of hydrogen-bond donors (Lipinski definition) is 0. The van der Waals surface area contributed by atoms with Gasteiger partial charge in [0.25, 0.3) is 0 Å². The normalized spacial score (nSPS) is 10.8. The van der Waals surface area contributed by atoms with Crippen LogP contribution >= 0.6 is 0 Å². The van der Waals surface area contributed by atoms with Crippen LogP contribution in [0.25, 0.3) is 0 Å². The molecule has 0 saturated heterocycles. The highest BCUT2D eigenvalue weighted by Crippen LogP contribution is 2.52. The van der Waals surface area contributed by atoms with Gasteiger partial charge in [0.15, 0.2) is 5.60 Å². The van der Waals surface area contributed by atoms with E-state index in [-0.39, 0.29) is 46.5 Å². The molecule has 0 bridgehead atoms. The molecule has 1 unspecified atom stereocenters. The van der Waals surface area contributed by atoms with Gasteiger partial charge in [-0.1, -0.05) is 605 Å². The standard InChI is InChI=1S/C20H14O2.C18H20.7C6H6.12C2H6.4CH4/c21-19-17-13-7-8-14-18(17)20(22-19,15-9-3-1-4-10-15)16-11-5-2-6-12-16;1-17(2)13-18(3,14-9-5-4-6-10-14)16-12-8-7-11-15(16)17;7*1-2-4-6-5-3-1;12*1-2;;;;/h1-14H;4-12H,13H2,1-3H3;7*1-6H;12*1-2H3;4*1H4. The molecule has 12 aromatic rings. The van der Waals surface area contributed by atoms with Crippen LogP contribution in [-0.2, 0) is 21.2 Å². The Bertz CT molecular complexity index is 2880. The predicted molar refractivity (Wildman–Crippen MR) is 510 cm³/mol. The van der Waals surface area contributed by atoms with Gasteiger partial charge in [-0.05, 0) is 34.6 Å². The number of esters is 1. The maximum atomic E-state index is 12.4. The van der Waals surface area contributed by atoms with Crippen LogP contribution in [0.4, 0.5) is 0 Å². The molecule has 2 aliphatic rings. The fraction of sp³-hybridized carbons (Fsp3) is 0.324. The van der Waals surface area contributed by atoms with Crippen molar-refractivity contribution >= 4 is 5.97 Å². The molecule has 0 radical (unpaired) electrons. The number of carbonyl (C=O) groups is 1. The van der Waals surface area contributed by atoms with Crippen molar-refractivity contribution in [2.75, 3.05) is 0 Å². The van der Waals surface area contributed by atoms with Crippen molar-refractivity contribution in [3.63, 3.8) is 0 Å². The SMILES string of the molecule is C.C.C.C.CC.CC.CC.CC.CC.CC.CC.CC.CC.CC.CC.CC.CC1(C)CC(C)(c2ccccc2)c2ccccc21.O=C1OC(c2ccccc2)(c2ccccc2)c2ccccc21.c1ccccc1.c1ccccc1.c1ccccc1.c1ccccc1.c1ccccc1.c1ccccc1.c1ccccc1. The molecule has 1 atom stereocenters. The fourth-order valence-corrected chi connectivity index (χ4v) is 9.54. The van der Waals surface area contributed by atoms with E-state index in [1.54, 1.807) is 0 Å². The van der Waals surface area contributed by atoms with Gasteiger partial charge < -0.3 is 4.74 Å². The second-order valence-electron chi connectivity index (χ2n) is 19.7. The second-order valence-corrected chi connectivity index (χ2v) is 19.7. The summed E-state index contributed by atoms with van der Waals surface area (Å²) in [6.07, 6.45) is 1.18. The van der Waals surface area contributed by atoms with Gasteiger partial charge in [0.05, 0.1) is 5.56 Å². The number of rotatable bonds is 3. The zero-order valence-corrected chi connectivity index (χ0v) is 71.6. The van der Waals surface area contributed by atoms with Crippen LogP contribution < -0.4 is 0 Å². The Balaban J connectivity index is -0.000000112. The van der Waals surface area contributed by atoms with E-state index in [4.69, 9.17) is 4.74 Å². The number of fused-ring (bicyclic) bond motifs is 2. The number of ether oxygens (including phenoxy) is 1. The maximum Gasteiger partial charge on any atom is 0.340 e. The van der Waals surface area contributed by atoms with Crippen LogP contribution in [0.1, 0.15) is 267 Å². The molecule has 110 heavy (non-hydrogen) atoms. The van der Waals surface area contributed by atoms with Gasteiger partial charge in [-0.2, -0.15) is 0 Å². The number of benzene rings is 12. The summed E-state index contributed by atoms with van der Waals surface area (Å²) in [5, 5.41) is 0. The van der Waals surface area contributed by atoms with E-state index in [9.17, 15) is 4.79 Å². The largest absolute Gasteiger partial charge is 0.441 e. The topological polar surface area (TPSA) is 26.3 Å². The molecule has 0 amide bonds. The van der Waals surface area contributed by atoms with Crippen LogP contribution in [0.2, 0.25) is 0 Å². The molecule has 2 heteroatoms. The summed E-state index contributed by atoms with van der Waals surface area (Å²) in [7, 11) is 0. The highest BCUT2D eigenvalue weighted by molar-refractivity contribution is 5.96. The third kappa shape index (κ3) is 55.5. The number of hydrogen-bond acceptors (Lipinski definition) is 2. The van der Waals surface area contributed by atoms with E-state index >= 15 is 0 Å². The molecule has 0 fully saturated rings. The lowest BCUT2D eigenvalue weighted by atomic mass is 9.75. The van der Waals surface area contributed by atoms with E-state index in [1.807, 2.05) is 506 Å². The zero-order valence-electron chi connectivity index (χ0n) is 71.6. The minimum absolute atomic E-state index is 0. The smallest absolute Gasteiger partial charge is 0.340 e. The van der Waals surface area contributed by atoms with E-state index < -0.39 is 5.60 Å². The van der Waals surface area contributed by atoms with Crippen LogP contribution in [0, 0.1) is 0 Å². The summed E-state index contributed by atoms with van der Waals surface area (Å²) in [6, 6.07) is 131. The number of cyclic esters (lactones) is 1. The lowest BCUT2D eigenvalue weighted by Crippen LogP contribution is -2.29. The summed E-state index contributed by atoms with van der Waals surface area (Å²) in [6.45, 7) is 55.1. The lowest BCUT2D eigenvalue weighted by Gasteiger charge is -2.30.